The summed E-state index contributed by atoms with van der Waals surface area (Å²) in [6.45, 7) is 9.13. The molecule has 0 bridgehead atoms. The third-order valence-corrected chi connectivity index (χ3v) is 6.15. The van der Waals surface area contributed by atoms with Gasteiger partial charge >= 0.3 is 0 Å². The summed E-state index contributed by atoms with van der Waals surface area (Å²) in [6, 6.07) is 15.3. The molecule has 2 aromatic rings. The lowest BCUT2D eigenvalue weighted by atomic mass is 10.1. The van der Waals surface area contributed by atoms with Crippen molar-refractivity contribution in [2.45, 2.75) is 52.5 Å². The second-order valence-electron chi connectivity index (χ2n) is 8.19. The summed E-state index contributed by atoms with van der Waals surface area (Å²) in [6.07, 6.45) is 0.570. The molecule has 0 saturated carbocycles. The van der Waals surface area contributed by atoms with E-state index in [1.807, 2.05) is 62.4 Å². The molecule has 4 nitrogen and oxygen atoms in total. The van der Waals surface area contributed by atoms with Crippen LogP contribution >= 0.6 is 23.4 Å². The predicted octanol–water partition coefficient (Wildman–Crippen LogP) is 5.46. The summed E-state index contributed by atoms with van der Waals surface area (Å²) in [5, 5.41) is 3.69. The van der Waals surface area contributed by atoms with E-state index in [-0.39, 0.29) is 11.8 Å². The number of nitrogens with zero attached hydrogens (tertiary/aromatic N) is 1. The first-order chi connectivity index (χ1) is 14.8. The second-order valence-corrected chi connectivity index (χ2v) is 9.62. The lowest BCUT2D eigenvalue weighted by Crippen LogP contribution is -2.50. The van der Waals surface area contributed by atoms with E-state index in [4.69, 9.17) is 11.6 Å². The summed E-state index contributed by atoms with van der Waals surface area (Å²) < 4.78 is 0. The molecule has 0 aliphatic carbocycles. The van der Waals surface area contributed by atoms with E-state index in [0.29, 0.717) is 42.0 Å². The Bertz CT molecular complexity index is 855. The zero-order chi connectivity index (χ0) is 22.8. The summed E-state index contributed by atoms with van der Waals surface area (Å²) in [5.74, 6) is 1.25. The molecule has 2 amide bonds. The van der Waals surface area contributed by atoms with Crippen LogP contribution in [-0.4, -0.2) is 35.1 Å². The Labute approximate surface area is 195 Å². The molecular weight excluding hydrogens is 428 g/mol. The largest absolute Gasteiger partial charge is 0.354 e. The van der Waals surface area contributed by atoms with Crippen LogP contribution in [0.15, 0.2) is 48.5 Å². The maximum absolute atomic E-state index is 13.2. The fourth-order valence-corrected chi connectivity index (χ4v) is 4.27. The standard InChI is InChI=1S/C25H33ClN2O2S/c1-5-23(25(30)27-14-18(2)3)28(15-20-11-9-19(4)10-12-20)24(29)17-31-16-21-7-6-8-22(26)13-21/h6-13,18,23H,5,14-17H2,1-4H3,(H,27,30)/t23-/m0/s1. The zero-order valence-electron chi connectivity index (χ0n) is 18.9. The van der Waals surface area contributed by atoms with Crippen molar-refractivity contribution in [1.82, 2.24) is 10.2 Å². The normalized spacial score (nSPS) is 11.9. The first-order valence-electron chi connectivity index (χ1n) is 10.7. The van der Waals surface area contributed by atoms with Crippen LogP contribution in [0.3, 0.4) is 0 Å². The van der Waals surface area contributed by atoms with Crippen molar-refractivity contribution in [3.8, 4) is 0 Å². The smallest absolute Gasteiger partial charge is 0.242 e. The van der Waals surface area contributed by atoms with Crippen LogP contribution in [0.4, 0.5) is 0 Å². The van der Waals surface area contributed by atoms with Crippen LogP contribution < -0.4 is 5.32 Å². The Morgan fingerprint density at radius 2 is 1.81 bits per heavy atom. The molecule has 0 aliphatic heterocycles. The highest BCUT2D eigenvalue weighted by Crippen LogP contribution is 2.19. The number of hydrogen-bond donors (Lipinski definition) is 1. The van der Waals surface area contributed by atoms with Gasteiger partial charge in [0.05, 0.1) is 5.75 Å². The number of aryl methyl sites for hydroxylation is 1. The van der Waals surface area contributed by atoms with Crippen molar-refractivity contribution >= 4 is 35.2 Å². The van der Waals surface area contributed by atoms with Crippen LogP contribution in [0.5, 0.6) is 0 Å². The zero-order valence-corrected chi connectivity index (χ0v) is 20.4. The first kappa shape index (κ1) is 25.3. The van der Waals surface area contributed by atoms with Crippen molar-refractivity contribution in [3.63, 3.8) is 0 Å². The molecule has 0 heterocycles. The van der Waals surface area contributed by atoms with E-state index >= 15 is 0 Å². The van der Waals surface area contributed by atoms with E-state index in [0.717, 1.165) is 11.1 Å². The number of halogens is 1. The van der Waals surface area contributed by atoms with Crippen LogP contribution in [0.25, 0.3) is 0 Å². The minimum atomic E-state index is -0.487. The minimum Gasteiger partial charge on any atom is -0.354 e. The van der Waals surface area contributed by atoms with Gasteiger partial charge in [0.1, 0.15) is 6.04 Å². The topological polar surface area (TPSA) is 49.4 Å². The Morgan fingerprint density at radius 1 is 1.10 bits per heavy atom. The molecule has 168 valence electrons. The lowest BCUT2D eigenvalue weighted by molar-refractivity contribution is -0.139. The maximum Gasteiger partial charge on any atom is 0.242 e. The Balaban J connectivity index is 2.11. The molecule has 0 aliphatic rings. The van der Waals surface area contributed by atoms with E-state index in [9.17, 15) is 9.59 Å². The molecule has 1 N–H and O–H groups in total. The van der Waals surface area contributed by atoms with Crippen molar-refractivity contribution in [2.75, 3.05) is 12.3 Å². The number of rotatable bonds is 11. The number of thioether (sulfide) groups is 1. The highest BCUT2D eigenvalue weighted by molar-refractivity contribution is 7.99. The summed E-state index contributed by atoms with van der Waals surface area (Å²) in [7, 11) is 0. The quantitative estimate of drug-likeness (QED) is 0.484. The van der Waals surface area contributed by atoms with Crippen LogP contribution in [-0.2, 0) is 21.9 Å². The fourth-order valence-electron chi connectivity index (χ4n) is 3.20. The van der Waals surface area contributed by atoms with Crippen molar-refractivity contribution in [1.29, 1.82) is 0 Å². The van der Waals surface area contributed by atoms with Gasteiger partial charge in [-0.2, -0.15) is 0 Å². The number of hydrogen-bond acceptors (Lipinski definition) is 3. The van der Waals surface area contributed by atoms with Crippen molar-refractivity contribution in [3.05, 3.63) is 70.2 Å². The molecular formula is C25H33ClN2O2S. The van der Waals surface area contributed by atoms with Crippen molar-refractivity contribution < 1.29 is 9.59 Å². The fraction of sp³-hybridized carbons (Fsp3) is 0.440. The van der Waals surface area contributed by atoms with Gasteiger partial charge in [-0.15, -0.1) is 11.8 Å². The number of nitrogens with one attached hydrogen (secondary N) is 1. The number of amides is 2. The predicted molar refractivity (Wildman–Crippen MR) is 131 cm³/mol. The summed E-state index contributed by atoms with van der Waals surface area (Å²) >= 11 is 7.60. The molecule has 0 saturated heterocycles. The molecule has 6 heteroatoms. The Hall–Kier alpha value is -1.98. The molecule has 0 fully saturated rings. The third-order valence-electron chi connectivity index (χ3n) is 4.93. The van der Waals surface area contributed by atoms with Gasteiger partial charge in [-0.05, 0) is 42.5 Å². The SMILES string of the molecule is CC[C@@H](C(=O)NCC(C)C)N(Cc1ccc(C)cc1)C(=O)CSCc1cccc(Cl)c1. The molecule has 0 unspecified atom stereocenters. The molecule has 31 heavy (non-hydrogen) atoms. The van der Waals surface area contributed by atoms with E-state index < -0.39 is 6.04 Å². The molecule has 0 spiro atoms. The van der Waals surface area contributed by atoms with Gasteiger partial charge in [0.25, 0.3) is 0 Å². The van der Waals surface area contributed by atoms with Gasteiger partial charge in [-0.3, -0.25) is 9.59 Å². The van der Waals surface area contributed by atoms with E-state index in [2.05, 4.69) is 19.2 Å². The molecule has 2 rings (SSSR count). The summed E-state index contributed by atoms with van der Waals surface area (Å²) in [4.78, 5) is 27.8. The Morgan fingerprint density at radius 3 is 2.42 bits per heavy atom. The Kier molecular flexibility index (Phi) is 10.4. The van der Waals surface area contributed by atoms with Crippen LogP contribution in [0, 0.1) is 12.8 Å². The number of carbonyl (C=O) groups excluding carboxylic acids is 2. The average Bonchev–Trinajstić information content (AvgIpc) is 2.73. The average molecular weight is 461 g/mol. The van der Waals surface area contributed by atoms with Crippen LogP contribution in [0.1, 0.15) is 43.9 Å². The van der Waals surface area contributed by atoms with E-state index in [1.165, 1.54) is 5.56 Å². The van der Waals surface area contributed by atoms with Gasteiger partial charge in [-0.1, -0.05) is 74.3 Å². The highest BCUT2D eigenvalue weighted by Gasteiger charge is 2.28. The highest BCUT2D eigenvalue weighted by atomic mass is 35.5. The van der Waals surface area contributed by atoms with E-state index in [1.54, 1.807) is 16.7 Å². The monoisotopic (exact) mass is 460 g/mol. The molecule has 0 radical (unpaired) electrons. The van der Waals surface area contributed by atoms with Crippen LogP contribution in [0.2, 0.25) is 5.02 Å². The second kappa shape index (κ2) is 12.8. The van der Waals surface area contributed by atoms with Gasteiger partial charge in [0.2, 0.25) is 11.8 Å². The van der Waals surface area contributed by atoms with Gasteiger partial charge in [0.15, 0.2) is 0 Å². The molecule has 0 aromatic heterocycles. The maximum atomic E-state index is 13.2. The lowest BCUT2D eigenvalue weighted by Gasteiger charge is -2.31. The van der Waals surface area contributed by atoms with Gasteiger partial charge in [0, 0.05) is 23.9 Å². The third kappa shape index (κ3) is 8.58. The van der Waals surface area contributed by atoms with Gasteiger partial charge < -0.3 is 10.2 Å². The first-order valence-corrected chi connectivity index (χ1v) is 12.3. The van der Waals surface area contributed by atoms with Crippen molar-refractivity contribution in [2.24, 2.45) is 5.92 Å². The van der Waals surface area contributed by atoms with Gasteiger partial charge in [-0.25, -0.2) is 0 Å². The summed E-state index contributed by atoms with van der Waals surface area (Å²) in [5.41, 5.74) is 3.27. The molecule has 2 aromatic carbocycles. The molecule has 1 atom stereocenters. The minimum absolute atomic E-state index is 0.0286. The number of carbonyl (C=O) groups is 2. The number of benzene rings is 2.